The van der Waals surface area contributed by atoms with Crippen molar-refractivity contribution in [1.82, 2.24) is 4.90 Å². The quantitative estimate of drug-likeness (QED) is 0.232. The Labute approximate surface area is 212 Å². The number of hydrogen-bond acceptors (Lipinski definition) is 1. The number of hydrogen-bond donors (Lipinski definition) is 0. The summed E-state index contributed by atoms with van der Waals surface area (Å²) in [4.78, 5) is 2.25. The Morgan fingerprint density at radius 3 is 1.14 bits per heavy atom. The third-order valence-electron chi connectivity index (χ3n) is 6.87. The van der Waals surface area contributed by atoms with Crippen molar-refractivity contribution < 1.29 is 0 Å². The molecule has 0 atom stereocenters. The SMILES string of the molecule is CCCCCCN(C)C.c1ccc2c(c1)Cc1ccccc1-2.c1ccc2c(c1)Cc1ccccc1-2. The first-order chi connectivity index (χ1) is 17.2. The van der Waals surface area contributed by atoms with E-state index in [2.05, 4.69) is 123 Å². The van der Waals surface area contributed by atoms with Crippen molar-refractivity contribution >= 4 is 0 Å². The fourth-order valence-electron chi connectivity index (χ4n) is 5.01. The van der Waals surface area contributed by atoms with Gasteiger partial charge < -0.3 is 4.90 Å². The summed E-state index contributed by atoms with van der Waals surface area (Å²) in [6, 6.07) is 34.6. The Hall–Kier alpha value is -3.16. The van der Waals surface area contributed by atoms with Crippen molar-refractivity contribution in [3.8, 4) is 22.3 Å². The molecule has 0 heterocycles. The Balaban J connectivity index is 0.000000127. The van der Waals surface area contributed by atoms with Crippen molar-refractivity contribution in [2.75, 3.05) is 20.6 Å². The average Bonchev–Trinajstić information content (AvgIpc) is 3.46. The van der Waals surface area contributed by atoms with E-state index in [1.54, 1.807) is 0 Å². The van der Waals surface area contributed by atoms with Crippen molar-refractivity contribution in [2.45, 2.75) is 45.4 Å². The molecule has 0 saturated carbocycles. The van der Waals surface area contributed by atoms with E-state index in [1.165, 1.54) is 76.7 Å². The predicted octanol–water partition coefficient (Wildman–Crippen LogP) is 8.64. The lowest BCUT2D eigenvalue weighted by molar-refractivity contribution is 0.391. The zero-order chi connectivity index (χ0) is 24.5. The Morgan fingerprint density at radius 1 is 0.486 bits per heavy atom. The maximum Gasteiger partial charge on any atom is -0.00135 e. The Bertz CT molecular complexity index is 1040. The van der Waals surface area contributed by atoms with E-state index < -0.39 is 0 Å². The van der Waals surface area contributed by atoms with Gasteiger partial charge in [-0.25, -0.2) is 0 Å². The summed E-state index contributed by atoms with van der Waals surface area (Å²) in [7, 11) is 4.26. The first-order valence-electron chi connectivity index (χ1n) is 13.1. The van der Waals surface area contributed by atoms with Gasteiger partial charge in [0.2, 0.25) is 0 Å². The van der Waals surface area contributed by atoms with Crippen molar-refractivity contribution in [1.29, 1.82) is 0 Å². The van der Waals surface area contributed by atoms with Crippen LogP contribution in [0.2, 0.25) is 0 Å². The van der Waals surface area contributed by atoms with Crippen LogP contribution >= 0.6 is 0 Å². The van der Waals surface area contributed by atoms with E-state index in [9.17, 15) is 0 Å². The van der Waals surface area contributed by atoms with Gasteiger partial charge >= 0.3 is 0 Å². The zero-order valence-electron chi connectivity index (χ0n) is 21.6. The molecular formula is C34H39N. The molecule has 0 spiro atoms. The summed E-state index contributed by atoms with van der Waals surface area (Å²) < 4.78 is 0. The van der Waals surface area contributed by atoms with E-state index in [0.29, 0.717) is 0 Å². The van der Waals surface area contributed by atoms with Crippen LogP contribution in [0.25, 0.3) is 22.3 Å². The lowest BCUT2D eigenvalue weighted by atomic mass is 10.1. The van der Waals surface area contributed by atoms with Crippen molar-refractivity contribution in [2.24, 2.45) is 0 Å². The topological polar surface area (TPSA) is 3.24 Å². The van der Waals surface area contributed by atoms with Crippen molar-refractivity contribution in [3.05, 3.63) is 119 Å². The molecule has 35 heavy (non-hydrogen) atoms. The molecule has 2 aliphatic carbocycles. The molecule has 0 radical (unpaired) electrons. The minimum absolute atomic E-state index is 1.10. The second-order valence-electron chi connectivity index (χ2n) is 9.85. The third kappa shape index (κ3) is 6.50. The van der Waals surface area contributed by atoms with Crippen LogP contribution in [-0.2, 0) is 12.8 Å². The van der Waals surface area contributed by atoms with Gasteiger partial charge in [-0.2, -0.15) is 0 Å². The lowest BCUT2D eigenvalue weighted by Crippen LogP contribution is -2.12. The second-order valence-corrected chi connectivity index (χ2v) is 9.85. The van der Waals surface area contributed by atoms with E-state index in [-0.39, 0.29) is 0 Å². The van der Waals surface area contributed by atoms with Gasteiger partial charge in [-0.05, 0) is 84.4 Å². The fourth-order valence-corrected chi connectivity index (χ4v) is 5.01. The standard InChI is InChI=1S/2C13H10.C8H19N/c2*1-3-7-12-10(5-1)9-11-6-2-4-8-13(11)12;1-4-5-6-7-8-9(2)3/h2*1-8H,9H2;4-8H2,1-3H3. The van der Waals surface area contributed by atoms with Gasteiger partial charge in [-0.15, -0.1) is 0 Å². The summed E-state index contributed by atoms with van der Waals surface area (Å²) in [6.45, 7) is 3.50. The van der Waals surface area contributed by atoms with Gasteiger partial charge in [0.25, 0.3) is 0 Å². The zero-order valence-corrected chi connectivity index (χ0v) is 21.6. The monoisotopic (exact) mass is 461 g/mol. The van der Waals surface area contributed by atoms with Crippen LogP contribution in [-0.4, -0.2) is 25.5 Å². The minimum atomic E-state index is 1.10. The van der Waals surface area contributed by atoms with E-state index in [0.717, 1.165) is 12.8 Å². The molecule has 0 bridgehead atoms. The Morgan fingerprint density at radius 2 is 0.829 bits per heavy atom. The molecule has 0 saturated heterocycles. The van der Waals surface area contributed by atoms with Gasteiger partial charge in [-0.3, -0.25) is 0 Å². The third-order valence-corrected chi connectivity index (χ3v) is 6.87. The molecule has 0 fully saturated rings. The number of rotatable bonds is 5. The number of fused-ring (bicyclic) bond motifs is 6. The van der Waals surface area contributed by atoms with Gasteiger partial charge in [-0.1, -0.05) is 123 Å². The first kappa shape index (κ1) is 24.9. The molecule has 0 aromatic heterocycles. The molecule has 4 aromatic carbocycles. The van der Waals surface area contributed by atoms with E-state index >= 15 is 0 Å². The van der Waals surface area contributed by atoms with E-state index in [4.69, 9.17) is 0 Å². The van der Waals surface area contributed by atoms with Crippen LogP contribution in [0.15, 0.2) is 97.1 Å². The van der Waals surface area contributed by atoms with Crippen LogP contribution in [0.5, 0.6) is 0 Å². The summed E-state index contributed by atoms with van der Waals surface area (Å²) >= 11 is 0. The van der Waals surface area contributed by atoms with E-state index in [1.807, 2.05) is 0 Å². The van der Waals surface area contributed by atoms with Crippen LogP contribution < -0.4 is 0 Å². The fraction of sp³-hybridized carbons (Fsp3) is 0.294. The molecule has 0 amide bonds. The second kappa shape index (κ2) is 12.5. The van der Waals surface area contributed by atoms with Crippen molar-refractivity contribution in [3.63, 3.8) is 0 Å². The molecule has 1 nitrogen and oxygen atoms in total. The van der Waals surface area contributed by atoms with Crippen LogP contribution in [0.4, 0.5) is 0 Å². The molecule has 0 N–H and O–H groups in total. The highest BCUT2D eigenvalue weighted by molar-refractivity contribution is 5.77. The molecule has 0 unspecified atom stereocenters. The molecule has 1 heteroatoms. The van der Waals surface area contributed by atoms with Gasteiger partial charge in [0, 0.05) is 0 Å². The average molecular weight is 462 g/mol. The summed E-state index contributed by atoms with van der Waals surface area (Å²) in [5.41, 5.74) is 11.5. The smallest absolute Gasteiger partial charge is 0.00135 e. The maximum atomic E-state index is 2.25. The largest absolute Gasteiger partial charge is 0.309 e. The normalized spacial score (nSPS) is 11.9. The van der Waals surface area contributed by atoms with Gasteiger partial charge in [0.05, 0.1) is 0 Å². The minimum Gasteiger partial charge on any atom is -0.309 e. The highest BCUT2D eigenvalue weighted by Crippen LogP contribution is 2.36. The molecule has 180 valence electrons. The molecular weight excluding hydrogens is 422 g/mol. The van der Waals surface area contributed by atoms with Gasteiger partial charge in [0.1, 0.15) is 0 Å². The number of unbranched alkanes of at least 4 members (excludes halogenated alkanes) is 3. The number of benzene rings is 4. The number of nitrogens with zero attached hydrogens (tertiary/aromatic N) is 1. The lowest BCUT2D eigenvalue weighted by Gasteiger charge is -2.07. The molecule has 2 aliphatic rings. The highest BCUT2D eigenvalue weighted by atomic mass is 15.0. The van der Waals surface area contributed by atoms with Crippen LogP contribution in [0.1, 0.15) is 54.9 Å². The predicted molar refractivity (Wildman–Crippen MR) is 152 cm³/mol. The van der Waals surface area contributed by atoms with Crippen LogP contribution in [0, 0.1) is 0 Å². The highest BCUT2D eigenvalue weighted by Gasteiger charge is 2.16. The molecule has 4 aromatic rings. The molecule has 0 aliphatic heterocycles. The molecule has 6 rings (SSSR count). The summed E-state index contributed by atoms with van der Waals surface area (Å²) in [6.07, 6.45) is 7.70. The maximum absolute atomic E-state index is 2.25. The van der Waals surface area contributed by atoms with Gasteiger partial charge in [0.15, 0.2) is 0 Å². The van der Waals surface area contributed by atoms with Crippen LogP contribution in [0.3, 0.4) is 0 Å². The summed E-state index contributed by atoms with van der Waals surface area (Å²) in [5.74, 6) is 0. The first-order valence-corrected chi connectivity index (χ1v) is 13.1. The Kier molecular flexibility index (Phi) is 8.92. The summed E-state index contributed by atoms with van der Waals surface area (Å²) in [5, 5.41) is 0.